The van der Waals surface area contributed by atoms with Gasteiger partial charge in [0.15, 0.2) is 0 Å². The number of aromatic amines is 1. The molecule has 0 fully saturated rings. The maximum Gasteiger partial charge on any atom is 0.416 e. The number of nitrogens with zero attached hydrogens (tertiary/aromatic N) is 1. The average molecular weight is 452 g/mol. The molecule has 3 aromatic rings. The molecule has 2 aromatic carbocycles. The van der Waals surface area contributed by atoms with E-state index in [0.717, 1.165) is 28.8 Å². The summed E-state index contributed by atoms with van der Waals surface area (Å²) in [4.78, 5) is 20.0. The van der Waals surface area contributed by atoms with E-state index in [1.807, 2.05) is 0 Å². The van der Waals surface area contributed by atoms with Crippen molar-refractivity contribution in [1.82, 2.24) is 10.0 Å². The second-order valence-electron chi connectivity index (χ2n) is 6.87. The van der Waals surface area contributed by atoms with Crippen molar-refractivity contribution in [3.63, 3.8) is 0 Å². The molecule has 3 rings (SSSR count). The van der Waals surface area contributed by atoms with Crippen LogP contribution in [0, 0.1) is 6.92 Å². The van der Waals surface area contributed by atoms with Gasteiger partial charge in [-0.3, -0.25) is 9.63 Å². The van der Waals surface area contributed by atoms with E-state index in [1.165, 1.54) is 26.3 Å². The Balaban J connectivity index is 2.34. The Bertz CT molecular complexity index is 1280. The normalized spacial score (nSPS) is 12.2. The maximum absolute atomic E-state index is 13.3. The number of hydroxylamine groups is 2. The van der Waals surface area contributed by atoms with Crippen LogP contribution < -0.4 is 0 Å². The first kappa shape index (κ1) is 22.6. The molecule has 0 aliphatic carbocycles. The van der Waals surface area contributed by atoms with Crippen LogP contribution in [0.4, 0.5) is 13.2 Å². The monoisotopic (exact) mass is 452 g/mol. The number of carbonyl (C=O) groups is 1. The number of H-pyrrole nitrogens is 1. The van der Waals surface area contributed by atoms with Crippen molar-refractivity contribution in [3.05, 3.63) is 65.7 Å². The van der Waals surface area contributed by atoms with Gasteiger partial charge in [0, 0.05) is 29.1 Å². The number of amides is 1. The molecular weight excluding hydrogens is 433 g/mol. The van der Waals surface area contributed by atoms with Gasteiger partial charge in [0.05, 0.1) is 17.6 Å². The highest BCUT2D eigenvalue weighted by molar-refractivity contribution is 7.91. The summed E-state index contributed by atoms with van der Waals surface area (Å²) in [5, 5.41) is 0.286. The third-order valence-electron chi connectivity index (χ3n) is 4.81. The lowest BCUT2D eigenvalue weighted by atomic mass is 10.0. The molecule has 0 radical (unpaired) electrons. The third kappa shape index (κ3) is 4.08. The van der Waals surface area contributed by atoms with E-state index < -0.39 is 32.5 Å². The van der Waals surface area contributed by atoms with E-state index >= 15 is 0 Å². The quantitative estimate of drug-likeness (QED) is 0.461. The molecule has 0 atom stereocenters. The zero-order valence-corrected chi connectivity index (χ0v) is 17.7. The van der Waals surface area contributed by atoms with Crippen molar-refractivity contribution < 1.29 is 31.2 Å². The summed E-state index contributed by atoms with van der Waals surface area (Å²) in [6.07, 6.45) is -4.66. The summed E-state index contributed by atoms with van der Waals surface area (Å²) < 4.78 is 66.5. The van der Waals surface area contributed by atoms with E-state index in [0.29, 0.717) is 0 Å². The molecule has 1 heterocycles. The van der Waals surface area contributed by atoms with Gasteiger partial charge in [-0.25, -0.2) is 13.5 Å². The number of likely N-dealkylation sites (N-methyl/N-ethyl adjacent to an activating group) is 1. The van der Waals surface area contributed by atoms with Gasteiger partial charge < -0.3 is 4.98 Å². The lowest BCUT2D eigenvalue weighted by Gasteiger charge is -2.16. The van der Waals surface area contributed by atoms with E-state index in [1.54, 1.807) is 19.1 Å². The minimum atomic E-state index is -4.66. The molecule has 1 aromatic heterocycles. The number of rotatable bonds is 5. The molecule has 10 heteroatoms. The van der Waals surface area contributed by atoms with Crippen LogP contribution in [0.5, 0.6) is 0 Å². The second kappa shape index (κ2) is 7.86. The van der Waals surface area contributed by atoms with Crippen LogP contribution in [-0.2, 0) is 25.6 Å². The summed E-state index contributed by atoms with van der Waals surface area (Å²) in [6, 6.07) is 8.69. The Kier molecular flexibility index (Phi) is 5.72. The Morgan fingerprint density at radius 1 is 1.13 bits per heavy atom. The topological polar surface area (TPSA) is 79.5 Å². The molecule has 0 saturated carbocycles. The first-order chi connectivity index (χ1) is 14.4. The summed E-state index contributed by atoms with van der Waals surface area (Å²) in [5.41, 5.74) is -0.620. The first-order valence-electron chi connectivity index (χ1n) is 8.94. The molecular formula is C21H19F3N2O4S. The number of alkyl halides is 3. The Morgan fingerprint density at radius 3 is 2.29 bits per heavy atom. The average Bonchev–Trinajstić information content (AvgIpc) is 3.11. The number of aromatic nitrogens is 1. The van der Waals surface area contributed by atoms with Crippen LogP contribution in [0.15, 0.2) is 59.0 Å². The summed E-state index contributed by atoms with van der Waals surface area (Å²) >= 11 is 0. The number of hydrogen-bond donors (Lipinski definition) is 1. The van der Waals surface area contributed by atoms with Crippen molar-refractivity contribution >= 4 is 32.2 Å². The van der Waals surface area contributed by atoms with E-state index in [9.17, 15) is 26.4 Å². The minimum Gasteiger partial charge on any atom is -0.345 e. The van der Waals surface area contributed by atoms with Gasteiger partial charge in [-0.2, -0.15) is 13.2 Å². The molecule has 0 aliphatic heterocycles. The Morgan fingerprint density at radius 2 is 1.74 bits per heavy atom. The van der Waals surface area contributed by atoms with Crippen LogP contribution in [0.2, 0.25) is 0 Å². The first-order valence-corrected chi connectivity index (χ1v) is 10.4. The van der Waals surface area contributed by atoms with Crippen LogP contribution in [-0.4, -0.2) is 38.5 Å². The van der Waals surface area contributed by atoms with Crippen LogP contribution in [0.3, 0.4) is 0 Å². The molecule has 31 heavy (non-hydrogen) atoms. The number of sulfone groups is 1. The Hall–Kier alpha value is -3.11. The van der Waals surface area contributed by atoms with Gasteiger partial charge in [-0.15, -0.1) is 0 Å². The molecule has 164 valence electrons. The molecule has 0 saturated heterocycles. The summed E-state index contributed by atoms with van der Waals surface area (Å²) in [6.45, 7) is 5.44. The fourth-order valence-corrected chi connectivity index (χ4v) is 4.54. The van der Waals surface area contributed by atoms with Gasteiger partial charge in [0.2, 0.25) is 9.84 Å². The van der Waals surface area contributed by atoms with Crippen molar-refractivity contribution in [1.29, 1.82) is 0 Å². The van der Waals surface area contributed by atoms with Crippen molar-refractivity contribution in [2.45, 2.75) is 23.0 Å². The fourth-order valence-electron chi connectivity index (χ4n) is 3.06. The molecule has 0 spiro atoms. The standard InChI is InChI=1S/C21H19F3N2O4S/c1-12-5-8-15(9-6-12)31(28,29)19-18(13(2)20(27)26(3)30-4)16-11-14(21(22,23)24)7-10-17(16)25-19/h5-11,25H,2H2,1,3-4H3. The number of aryl methyl sites for hydroxylation is 1. The van der Waals surface area contributed by atoms with Crippen LogP contribution in [0.25, 0.3) is 16.5 Å². The number of nitrogens with one attached hydrogen (secondary N) is 1. The fraction of sp³-hybridized carbons (Fsp3) is 0.190. The number of halogens is 3. The Labute approximate surface area is 176 Å². The highest BCUT2D eigenvalue weighted by Gasteiger charge is 2.34. The van der Waals surface area contributed by atoms with Crippen molar-refractivity contribution in [3.8, 4) is 0 Å². The second-order valence-corrected chi connectivity index (χ2v) is 8.75. The highest BCUT2D eigenvalue weighted by atomic mass is 32.2. The summed E-state index contributed by atoms with van der Waals surface area (Å²) in [7, 11) is -1.73. The van der Waals surface area contributed by atoms with Crippen molar-refractivity contribution in [2.75, 3.05) is 14.2 Å². The number of hydrogen-bond acceptors (Lipinski definition) is 4. The molecule has 0 aliphatic rings. The van der Waals surface area contributed by atoms with E-state index in [-0.39, 0.29) is 26.9 Å². The van der Waals surface area contributed by atoms with E-state index in [2.05, 4.69) is 11.6 Å². The molecule has 6 nitrogen and oxygen atoms in total. The predicted octanol–water partition coefficient (Wildman–Crippen LogP) is 4.36. The highest BCUT2D eigenvalue weighted by Crippen LogP contribution is 2.38. The molecule has 1 amide bonds. The number of fused-ring (bicyclic) bond motifs is 1. The molecule has 0 unspecified atom stereocenters. The SMILES string of the molecule is C=C(C(=O)N(C)OC)c1c(S(=O)(=O)c2ccc(C)cc2)[nH]c2ccc(C(F)(F)F)cc12. The minimum absolute atomic E-state index is 0.0812. The lowest BCUT2D eigenvalue weighted by Crippen LogP contribution is -2.26. The van der Waals surface area contributed by atoms with Crippen LogP contribution >= 0.6 is 0 Å². The smallest absolute Gasteiger partial charge is 0.345 e. The molecule has 0 bridgehead atoms. The summed E-state index contributed by atoms with van der Waals surface area (Å²) in [5.74, 6) is -0.804. The molecule has 1 N–H and O–H groups in total. The third-order valence-corrected chi connectivity index (χ3v) is 6.55. The maximum atomic E-state index is 13.3. The predicted molar refractivity (Wildman–Crippen MR) is 109 cm³/mol. The van der Waals surface area contributed by atoms with Gasteiger partial charge in [0.1, 0.15) is 5.03 Å². The number of benzene rings is 2. The van der Waals surface area contributed by atoms with Gasteiger partial charge in [-0.05, 0) is 37.3 Å². The van der Waals surface area contributed by atoms with Crippen molar-refractivity contribution in [2.24, 2.45) is 0 Å². The van der Waals surface area contributed by atoms with Crippen LogP contribution in [0.1, 0.15) is 16.7 Å². The van der Waals surface area contributed by atoms with Gasteiger partial charge in [-0.1, -0.05) is 24.3 Å². The zero-order chi connectivity index (χ0) is 23.1. The zero-order valence-electron chi connectivity index (χ0n) is 16.9. The van der Waals surface area contributed by atoms with Gasteiger partial charge >= 0.3 is 6.18 Å². The largest absolute Gasteiger partial charge is 0.416 e. The van der Waals surface area contributed by atoms with E-state index in [4.69, 9.17) is 4.84 Å². The van der Waals surface area contributed by atoms with Gasteiger partial charge in [0.25, 0.3) is 5.91 Å². The number of carbonyl (C=O) groups excluding carboxylic acids is 1. The lowest BCUT2D eigenvalue weighted by molar-refractivity contribution is -0.161.